The first-order chi connectivity index (χ1) is 9.99. The molecule has 0 heterocycles. The van der Waals surface area contributed by atoms with Crippen LogP contribution in [0.15, 0.2) is 24.3 Å². The van der Waals surface area contributed by atoms with Crippen molar-refractivity contribution in [2.45, 2.75) is 39.2 Å². The van der Waals surface area contributed by atoms with Gasteiger partial charge in [-0.2, -0.15) is 0 Å². The van der Waals surface area contributed by atoms with Crippen molar-refractivity contribution in [3.63, 3.8) is 0 Å². The molecule has 0 fully saturated rings. The van der Waals surface area contributed by atoms with Crippen LogP contribution in [0.4, 0.5) is 4.79 Å². The van der Waals surface area contributed by atoms with Gasteiger partial charge in [-0.15, -0.1) is 0 Å². The minimum absolute atomic E-state index is 0.198. The minimum atomic E-state index is -0.375. The predicted octanol–water partition coefficient (Wildman–Crippen LogP) is 2.03. The number of phenolic OH excluding ortho intramolecular Hbond substituents is 1. The summed E-state index contributed by atoms with van der Waals surface area (Å²) in [4.78, 5) is 11.5. The second-order valence-corrected chi connectivity index (χ2v) is 5.55. The number of aliphatic hydroxyl groups excluding tert-OH is 1. The minimum Gasteiger partial charge on any atom is -0.508 e. The second-order valence-electron chi connectivity index (χ2n) is 5.55. The van der Waals surface area contributed by atoms with Crippen LogP contribution in [-0.2, 0) is 6.42 Å². The average molecular weight is 294 g/mol. The lowest BCUT2D eigenvalue weighted by atomic mass is 10.0. The maximum atomic E-state index is 11.5. The van der Waals surface area contributed by atoms with Crippen LogP contribution in [0.2, 0.25) is 0 Å². The number of benzene rings is 1. The van der Waals surface area contributed by atoms with Crippen molar-refractivity contribution in [2.24, 2.45) is 5.92 Å². The zero-order valence-corrected chi connectivity index (χ0v) is 12.8. The number of carbonyl (C=O) groups excluding carboxylic acids is 1. The number of aryl methyl sites for hydroxylation is 1. The van der Waals surface area contributed by atoms with Gasteiger partial charge >= 0.3 is 6.03 Å². The molecule has 0 aliphatic carbocycles. The Morgan fingerprint density at radius 2 is 1.76 bits per heavy atom. The summed E-state index contributed by atoms with van der Waals surface area (Å²) in [5.41, 5.74) is 1.13. The first-order valence-corrected chi connectivity index (χ1v) is 7.46. The molecule has 1 rings (SSSR count). The van der Waals surface area contributed by atoms with E-state index < -0.39 is 0 Å². The molecule has 0 bridgehead atoms. The van der Waals surface area contributed by atoms with Crippen LogP contribution < -0.4 is 10.6 Å². The van der Waals surface area contributed by atoms with E-state index in [0.717, 1.165) is 18.4 Å². The molecule has 21 heavy (non-hydrogen) atoms. The van der Waals surface area contributed by atoms with E-state index in [1.54, 1.807) is 12.1 Å². The number of rotatable bonds is 8. The Morgan fingerprint density at radius 3 is 2.38 bits per heavy atom. The largest absolute Gasteiger partial charge is 0.508 e. The SMILES string of the molecule is CC(C)C(O)CCNC(=O)NCCCc1ccc(O)cc1. The van der Waals surface area contributed by atoms with Gasteiger partial charge in [-0.25, -0.2) is 4.79 Å². The normalized spacial score (nSPS) is 12.2. The van der Waals surface area contributed by atoms with Crippen LogP contribution in [0.1, 0.15) is 32.3 Å². The van der Waals surface area contributed by atoms with Gasteiger partial charge in [0.2, 0.25) is 0 Å². The lowest BCUT2D eigenvalue weighted by Gasteiger charge is -2.14. The highest BCUT2D eigenvalue weighted by Crippen LogP contribution is 2.10. The van der Waals surface area contributed by atoms with Gasteiger partial charge in [0.15, 0.2) is 0 Å². The maximum absolute atomic E-state index is 11.5. The van der Waals surface area contributed by atoms with Gasteiger partial charge in [0, 0.05) is 13.1 Å². The van der Waals surface area contributed by atoms with E-state index in [2.05, 4.69) is 10.6 Å². The van der Waals surface area contributed by atoms with Gasteiger partial charge in [0.1, 0.15) is 5.75 Å². The van der Waals surface area contributed by atoms with E-state index in [-0.39, 0.29) is 23.8 Å². The summed E-state index contributed by atoms with van der Waals surface area (Å²) in [6.45, 7) is 4.98. The third kappa shape index (κ3) is 7.56. The number of phenols is 1. The van der Waals surface area contributed by atoms with Crippen molar-refractivity contribution in [3.05, 3.63) is 29.8 Å². The molecule has 1 aromatic rings. The fourth-order valence-corrected chi connectivity index (χ4v) is 1.89. The van der Waals surface area contributed by atoms with Crippen LogP contribution in [0.25, 0.3) is 0 Å². The molecule has 1 atom stereocenters. The van der Waals surface area contributed by atoms with E-state index >= 15 is 0 Å². The molecular formula is C16H26N2O3. The van der Waals surface area contributed by atoms with Crippen LogP contribution in [0.5, 0.6) is 5.75 Å². The van der Waals surface area contributed by atoms with E-state index in [0.29, 0.717) is 19.5 Å². The third-order valence-electron chi connectivity index (χ3n) is 3.36. The molecule has 1 aromatic carbocycles. The number of carbonyl (C=O) groups is 1. The summed E-state index contributed by atoms with van der Waals surface area (Å²) >= 11 is 0. The summed E-state index contributed by atoms with van der Waals surface area (Å²) in [7, 11) is 0. The molecule has 0 aliphatic rings. The Bertz CT molecular complexity index is 418. The number of nitrogens with one attached hydrogen (secondary N) is 2. The van der Waals surface area contributed by atoms with E-state index in [9.17, 15) is 15.0 Å². The third-order valence-corrected chi connectivity index (χ3v) is 3.36. The Morgan fingerprint density at radius 1 is 1.14 bits per heavy atom. The molecule has 5 nitrogen and oxygen atoms in total. The van der Waals surface area contributed by atoms with Gasteiger partial charge < -0.3 is 20.8 Å². The molecule has 5 heteroatoms. The molecule has 0 aromatic heterocycles. The smallest absolute Gasteiger partial charge is 0.314 e. The standard InChI is InChI=1S/C16H26N2O3/c1-12(2)15(20)9-11-18-16(21)17-10-3-4-13-5-7-14(19)8-6-13/h5-8,12,15,19-20H,3-4,9-11H2,1-2H3,(H2,17,18,21). The highest BCUT2D eigenvalue weighted by atomic mass is 16.3. The second kappa shape index (κ2) is 9.23. The molecule has 0 saturated heterocycles. The molecule has 1 unspecified atom stereocenters. The maximum Gasteiger partial charge on any atom is 0.314 e. The summed E-state index contributed by atoms with van der Waals surface area (Å²) in [5.74, 6) is 0.472. The predicted molar refractivity (Wildman–Crippen MR) is 83.3 cm³/mol. The van der Waals surface area contributed by atoms with Crippen molar-refractivity contribution in [1.82, 2.24) is 10.6 Å². The fraction of sp³-hybridized carbons (Fsp3) is 0.562. The molecule has 0 spiro atoms. The van der Waals surface area contributed by atoms with Gasteiger partial charge in [0.05, 0.1) is 6.10 Å². The van der Waals surface area contributed by atoms with Crippen LogP contribution >= 0.6 is 0 Å². The van der Waals surface area contributed by atoms with E-state index in [1.807, 2.05) is 26.0 Å². The quantitative estimate of drug-likeness (QED) is 0.554. The molecule has 118 valence electrons. The molecule has 0 radical (unpaired) electrons. The molecule has 0 aliphatic heterocycles. The van der Waals surface area contributed by atoms with Crippen molar-refractivity contribution in [3.8, 4) is 5.75 Å². The molecule has 0 saturated carbocycles. The number of hydrogen-bond acceptors (Lipinski definition) is 3. The Labute approximate surface area is 126 Å². The van der Waals surface area contributed by atoms with E-state index in [4.69, 9.17) is 0 Å². The van der Waals surface area contributed by atoms with Crippen molar-refractivity contribution in [2.75, 3.05) is 13.1 Å². The topological polar surface area (TPSA) is 81.6 Å². The van der Waals surface area contributed by atoms with Crippen molar-refractivity contribution in [1.29, 1.82) is 0 Å². The van der Waals surface area contributed by atoms with Crippen LogP contribution in [-0.4, -0.2) is 35.4 Å². The Kier molecular flexibility index (Phi) is 7.61. The highest BCUT2D eigenvalue weighted by Gasteiger charge is 2.09. The number of urea groups is 1. The monoisotopic (exact) mass is 294 g/mol. The first kappa shape index (κ1) is 17.3. The Hall–Kier alpha value is -1.75. The number of aromatic hydroxyl groups is 1. The first-order valence-electron chi connectivity index (χ1n) is 7.46. The fourth-order valence-electron chi connectivity index (χ4n) is 1.89. The van der Waals surface area contributed by atoms with Gasteiger partial charge in [-0.1, -0.05) is 26.0 Å². The van der Waals surface area contributed by atoms with Crippen LogP contribution in [0, 0.1) is 5.92 Å². The molecule has 4 N–H and O–H groups in total. The zero-order valence-electron chi connectivity index (χ0n) is 12.8. The number of aliphatic hydroxyl groups is 1. The lowest BCUT2D eigenvalue weighted by Crippen LogP contribution is -2.37. The Balaban J connectivity index is 2.07. The highest BCUT2D eigenvalue weighted by molar-refractivity contribution is 5.73. The summed E-state index contributed by atoms with van der Waals surface area (Å²) in [6.07, 6.45) is 1.89. The molecular weight excluding hydrogens is 268 g/mol. The molecule has 2 amide bonds. The lowest BCUT2D eigenvalue weighted by molar-refractivity contribution is 0.116. The van der Waals surface area contributed by atoms with E-state index in [1.165, 1.54) is 0 Å². The number of amides is 2. The van der Waals surface area contributed by atoms with Crippen molar-refractivity contribution < 1.29 is 15.0 Å². The van der Waals surface area contributed by atoms with Crippen molar-refractivity contribution >= 4 is 6.03 Å². The summed E-state index contributed by atoms with van der Waals surface area (Å²) < 4.78 is 0. The van der Waals surface area contributed by atoms with Gasteiger partial charge in [-0.05, 0) is 42.9 Å². The van der Waals surface area contributed by atoms with Gasteiger partial charge in [0.25, 0.3) is 0 Å². The average Bonchev–Trinajstić information content (AvgIpc) is 2.45. The zero-order chi connectivity index (χ0) is 15.7. The number of hydrogen-bond donors (Lipinski definition) is 4. The summed E-state index contributed by atoms with van der Waals surface area (Å²) in [6, 6.07) is 6.88. The summed E-state index contributed by atoms with van der Waals surface area (Å²) in [5, 5.41) is 24.3. The van der Waals surface area contributed by atoms with Crippen LogP contribution in [0.3, 0.4) is 0 Å². The van der Waals surface area contributed by atoms with Gasteiger partial charge in [-0.3, -0.25) is 0 Å².